The van der Waals surface area contributed by atoms with Crippen molar-refractivity contribution in [2.75, 3.05) is 5.75 Å². The van der Waals surface area contributed by atoms with Crippen molar-refractivity contribution in [3.05, 3.63) is 66.4 Å². The summed E-state index contributed by atoms with van der Waals surface area (Å²) in [7, 11) is 0. The number of rotatable bonds is 2. The second-order valence-electron chi connectivity index (χ2n) is 5.47. The Kier molecular flexibility index (Phi) is 3.02. The third-order valence-corrected chi connectivity index (χ3v) is 4.84. The van der Waals surface area contributed by atoms with Gasteiger partial charge in [0.1, 0.15) is 11.3 Å². The van der Waals surface area contributed by atoms with E-state index in [4.69, 9.17) is 9.52 Å². The zero-order valence-corrected chi connectivity index (χ0v) is 13.4. The lowest BCUT2D eigenvalue weighted by Crippen LogP contribution is -2.13. The van der Waals surface area contributed by atoms with Crippen LogP contribution in [0.25, 0.3) is 22.4 Å². The Morgan fingerprint density at radius 1 is 0.958 bits per heavy atom. The van der Waals surface area contributed by atoms with Gasteiger partial charge in [0.25, 0.3) is 0 Å². The molecule has 0 saturated carbocycles. The summed E-state index contributed by atoms with van der Waals surface area (Å²) in [6, 6.07) is 20.0. The standard InChI is InChI=1S/C18H12N4OS/c1-2-6-12(7-3-1)17-19-20-18-22(17)21-14(11-24-18)16-10-13-8-4-5-9-15(13)23-16/h1-10H,11H2. The highest BCUT2D eigenvalue weighted by atomic mass is 32.2. The molecule has 2 aromatic heterocycles. The quantitative estimate of drug-likeness (QED) is 0.556. The normalized spacial score (nSPS) is 13.8. The third-order valence-electron chi connectivity index (χ3n) is 3.91. The van der Waals surface area contributed by atoms with Crippen molar-refractivity contribution in [1.82, 2.24) is 14.9 Å². The maximum atomic E-state index is 5.95. The van der Waals surface area contributed by atoms with Gasteiger partial charge in [-0.15, -0.1) is 10.2 Å². The van der Waals surface area contributed by atoms with E-state index in [1.807, 2.05) is 60.7 Å². The van der Waals surface area contributed by atoms with Crippen molar-refractivity contribution in [3.63, 3.8) is 0 Å². The van der Waals surface area contributed by atoms with E-state index in [9.17, 15) is 0 Å². The molecule has 0 bridgehead atoms. The Labute approximate surface area is 142 Å². The lowest BCUT2D eigenvalue weighted by atomic mass is 10.2. The van der Waals surface area contributed by atoms with Gasteiger partial charge >= 0.3 is 0 Å². The molecule has 0 N–H and O–H groups in total. The average molecular weight is 332 g/mol. The average Bonchev–Trinajstić information content (AvgIpc) is 3.26. The van der Waals surface area contributed by atoms with Crippen LogP contribution in [0.3, 0.4) is 0 Å². The molecular weight excluding hydrogens is 320 g/mol. The largest absolute Gasteiger partial charge is 0.455 e. The number of hydrogen-bond donors (Lipinski definition) is 0. The molecule has 0 fully saturated rings. The molecule has 0 unspecified atom stereocenters. The van der Waals surface area contributed by atoms with Gasteiger partial charge in [-0.3, -0.25) is 0 Å². The molecule has 4 aromatic rings. The number of para-hydroxylation sites is 1. The Morgan fingerprint density at radius 3 is 2.67 bits per heavy atom. The van der Waals surface area contributed by atoms with Crippen LogP contribution in [0.4, 0.5) is 0 Å². The fraction of sp³-hybridized carbons (Fsp3) is 0.0556. The minimum Gasteiger partial charge on any atom is -0.455 e. The van der Waals surface area contributed by atoms with Gasteiger partial charge in [-0.25, -0.2) is 0 Å². The maximum absolute atomic E-state index is 5.95. The zero-order chi connectivity index (χ0) is 15.9. The number of benzene rings is 2. The van der Waals surface area contributed by atoms with E-state index in [-0.39, 0.29) is 0 Å². The molecule has 116 valence electrons. The molecule has 0 radical (unpaired) electrons. The highest BCUT2D eigenvalue weighted by molar-refractivity contribution is 7.99. The van der Waals surface area contributed by atoms with Crippen LogP contribution in [-0.4, -0.2) is 26.3 Å². The van der Waals surface area contributed by atoms with E-state index < -0.39 is 0 Å². The zero-order valence-electron chi connectivity index (χ0n) is 12.6. The van der Waals surface area contributed by atoms with Gasteiger partial charge in [0.15, 0.2) is 11.6 Å². The number of fused-ring (bicyclic) bond motifs is 2. The van der Waals surface area contributed by atoms with Crippen LogP contribution < -0.4 is 0 Å². The van der Waals surface area contributed by atoms with Crippen molar-refractivity contribution in [3.8, 4) is 11.4 Å². The monoisotopic (exact) mass is 332 g/mol. The van der Waals surface area contributed by atoms with Crippen LogP contribution in [0.1, 0.15) is 5.76 Å². The van der Waals surface area contributed by atoms with Gasteiger partial charge in [0.2, 0.25) is 5.16 Å². The second kappa shape index (κ2) is 5.35. The van der Waals surface area contributed by atoms with Crippen LogP contribution in [0.5, 0.6) is 0 Å². The van der Waals surface area contributed by atoms with Gasteiger partial charge in [-0.2, -0.15) is 9.78 Å². The van der Waals surface area contributed by atoms with E-state index in [0.29, 0.717) is 5.75 Å². The molecule has 1 aliphatic heterocycles. The summed E-state index contributed by atoms with van der Waals surface area (Å²) < 4.78 is 7.74. The van der Waals surface area contributed by atoms with Gasteiger partial charge in [0.05, 0.1) is 0 Å². The fourth-order valence-corrected chi connectivity index (χ4v) is 3.55. The Bertz CT molecular complexity index is 1030. The van der Waals surface area contributed by atoms with Crippen molar-refractivity contribution in [2.45, 2.75) is 5.16 Å². The summed E-state index contributed by atoms with van der Waals surface area (Å²) in [4.78, 5) is 0. The van der Waals surface area contributed by atoms with Gasteiger partial charge in [-0.05, 0) is 12.1 Å². The van der Waals surface area contributed by atoms with E-state index in [2.05, 4.69) is 10.2 Å². The number of hydrogen-bond acceptors (Lipinski definition) is 5. The highest BCUT2D eigenvalue weighted by Crippen LogP contribution is 2.29. The fourth-order valence-electron chi connectivity index (χ4n) is 2.74. The van der Waals surface area contributed by atoms with Crippen molar-refractivity contribution in [2.24, 2.45) is 5.10 Å². The Hall–Kier alpha value is -2.86. The molecule has 3 heterocycles. The molecule has 0 spiro atoms. The van der Waals surface area contributed by atoms with Gasteiger partial charge in [0, 0.05) is 16.7 Å². The molecule has 0 saturated heterocycles. The molecule has 0 aliphatic carbocycles. The van der Waals surface area contributed by atoms with Gasteiger partial charge < -0.3 is 4.42 Å². The number of thioether (sulfide) groups is 1. The van der Waals surface area contributed by atoms with Crippen LogP contribution in [0.2, 0.25) is 0 Å². The summed E-state index contributed by atoms with van der Waals surface area (Å²) >= 11 is 1.62. The minimum atomic E-state index is 0.715. The van der Waals surface area contributed by atoms with Crippen LogP contribution >= 0.6 is 11.8 Å². The highest BCUT2D eigenvalue weighted by Gasteiger charge is 2.22. The smallest absolute Gasteiger partial charge is 0.212 e. The summed E-state index contributed by atoms with van der Waals surface area (Å²) in [5.74, 6) is 2.25. The summed E-state index contributed by atoms with van der Waals surface area (Å²) in [6.07, 6.45) is 0. The van der Waals surface area contributed by atoms with Crippen LogP contribution in [0.15, 0.2) is 75.3 Å². The van der Waals surface area contributed by atoms with E-state index >= 15 is 0 Å². The topological polar surface area (TPSA) is 56.2 Å². The lowest BCUT2D eigenvalue weighted by Gasteiger charge is -2.12. The molecule has 1 aliphatic rings. The number of aromatic nitrogens is 3. The first-order valence-corrected chi connectivity index (χ1v) is 8.57. The Morgan fingerprint density at radius 2 is 1.79 bits per heavy atom. The first kappa shape index (κ1) is 13.6. The van der Waals surface area contributed by atoms with Crippen molar-refractivity contribution < 1.29 is 4.42 Å². The molecule has 5 nitrogen and oxygen atoms in total. The molecule has 24 heavy (non-hydrogen) atoms. The summed E-state index contributed by atoms with van der Waals surface area (Å²) in [5.41, 5.74) is 2.75. The Balaban J connectivity index is 1.62. The van der Waals surface area contributed by atoms with Crippen LogP contribution in [-0.2, 0) is 0 Å². The molecular formula is C18H12N4OS. The molecule has 6 heteroatoms. The number of furan rings is 1. The molecule has 0 amide bonds. The lowest BCUT2D eigenvalue weighted by molar-refractivity contribution is 0.601. The SMILES string of the molecule is c1ccc(-c2nnc3n2N=C(c2cc4ccccc4o2)CS3)cc1. The molecule has 5 rings (SSSR count). The summed E-state index contributed by atoms with van der Waals surface area (Å²) in [5, 5.41) is 15.2. The van der Waals surface area contributed by atoms with Gasteiger partial charge in [-0.1, -0.05) is 60.3 Å². The van der Waals surface area contributed by atoms with E-state index in [0.717, 1.165) is 39.0 Å². The van der Waals surface area contributed by atoms with E-state index in [1.165, 1.54) is 0 Å². The van der Waals surface area contributed by atoms with E-state index in [1.54, 1.807) is 16.4 Å². The van der Waals surface area contributed by atoms with Crippen molar-refractivity contribution >= 4 is 28.4 Å². The predicted octanol–water partition coefficient (Wildman–Crippen LogP) is 4.05. The predicted molar refractivity (Wildman–Crippen MR) is 94.3 cm³/mol. The third kappa shape index (κ3) is 2.15. The first-order valence-electron chi connectivity index (χ1n) is 7.59. The first-order chi connectivity index (χ1) is 11.9. The minimum absolute atomic E-state index is 0.715. The molecule has 0 atom stereocenters. The maximum Gasteiger partial charge on any atom is 0.212 e. The summed E-state index contributed by atoms with van der Waals surface area (Å²) in [6.45, 7) is 0. The second-order valence-corrected chi connectivity index (χ2v) is 6.41. The van der Waals surface area contributed by atoms with Crippen molar-refractivity contribution in [1.29, 1.82) is 0 Å². The molecule has 2 aromatic carbocycles. The van der Waals surface area contributed by atoms with Crippen LogP contribution in [0, 0.1) is 0 Å². The number of nitrogens with zero attached hydrogens (tertiary/aromatic N) is 4.